The Kier molecular flexibility index (Phi) is 3.23. The topological polar surface area (TPSA) is 38.0 Å². The van der Waals surface area contributed by atoms with Crippen molar-refractivity contribution >= 4 is 27.3 Å². The summed E-state index contributed by atoms with van der Waals surface area (Å²) in [7, 11) is 1.88. The fraction of sp³-hybridized carbons (Fsp3) is 0.300. The fourth-order valence-corrected chi connectivity index (χ4v) is 2.93. The van der Waals surface area contributed by atoms with Gasteiger partial charge in [-0.3, -0.25) is 0 Å². The van der Waals surface area contributed by atoms with Crippen LogP contribution in [-0.2, 0) is 13.5 Å². The number of halogens is 1. The van der Waals surface area contributed by atoms with Crippen LogP contribution in [-0.4, -0.2) is 14.7 Å². The van der Waals surface area contributed by atoms with Gasteiger partial charge in [-0.2, -0.15) is 0 Å². The molecule has 3 nitrogen and oxygen atoms in total. The van der Waals surface area contributed by atoms with Crippen LogP contribution in [0, 0.1) is 0 Å². The summed E-state index contributed by atoms with van der Waals surface area (Å²) in [6.45, 7) is 0. The van der Waals surface area contributed by atoms with Gasteiger partial charge in [0.15, 0.2) is 0 Å². The molecule has 0 fully saturated rings. The Morgan fingerprint density at radius 1 is 1.67 bits per heavy atom. The van der Waals surface area contributed by atoms with Gasteiger partial charge in [0.05, 0.1) is 18.2 Å². The largest absolute Gasteiger partial charge is 0.386 e. The molecule has 0 radical (unpaired) electrons. The molecule has 0 aliphatic heterocycles. The van der Waals surface area contributed by atoms with Crippen LogP contribution in [0.3, 0.4) is 0 Å². The Morgan fingerprint density at radius 3 is 3.00 bits per heavy atom. The van der Waals surface area contributed by atoms with Gasteiger partial charge in [-0.05, 0) is 22.0 Å². The minimum Gasteiger partial charge on any atom is -0.386 e. The molecule has 0 amide bonds. The van der Waals surface area contributed by atoms with Crippen molar-refractivity contribution in [2.45, 2.75) is 12.5 Å². The molecule has 2 rings (SSSR count). The highest BCUT2D eigenvalue weighted by Crippen LogP contribution is 2.25. The van der Waals surface area contributed by atoms with Crippen molar-refractivity contribution in [3.05, 3.63) is 39.0 Å². The van der Waals surface area contributed by atoms with Gasteiger partial charge in [0, 0.05) is 28.2 Å². The van der Waals surface area contributed by atoms with E-state index in [4.69, 9.17) is 0 Å². The Hall–Kier alpha value is -0.650. The van der Waals surface area contributed by atoms with Gasteiger partial charge in [-0.15, -0.1) is 11.3 Å². The smallest absolute Gasteiger partial charge is 0.100 e. The first-order valence-electron chi connectivity index (χ1n) is 4.54. The molecule has 0 aliphatic rings. The van der Waals surface area contributed by atoms with Crippen molar-refractivity contribution in [1.82, 2.24) is 9.55 Å². The molecule has 0 aliphatic carbocycles. The molecule has 80 valence electrons. The maximum Gasteiger partial charge on any atom is 0.100 e. The van der Waals surface area contributed by atoms with Crippen molar-refractivity contribution in [3.8, 4) is 0 Å². The van der Waals surface area contributed by atoms with Gasteiger partial charge in [0.2, 0.25) is 0 Å². The van der Waals surface area contributed by atoms with E-state index in [1.807, 2.05) is 23.1 Å². The van der Waals surface area contributed by atoms with Gasteiger partial charge in [0.25, 0.3) is 0 Å². The van der Waals surface area contributed by atoms with Crippen molar-refractivity contribution < 1.29 is 5.11 Å². The standard InChI is InChI=1S/C10H11BrN2OS/c1-13-6-12-4-9(13)10(14)3-8-2-7(11)5-15-8/h2,4-6,10,14H,3H2,1H3. The van der Waals surface area contributed by atoms with E-state index in [0.29, 0.717) is 6.42 Å². The first-order valence-corrected chi connectivity index (χ1v) is 6.21. The van der Waals surface area contributed by atoms with Crippen LogP contribution in [0.2, 0.25) is 0 Å². The molecule has 2 heterocycles. The first kappa shape index (κ1) is 10.9. The molecule has 15 heavy (non-hydrogen) atoms. The maximum absolute atomic E-state index is 9.98. The van der Waals surface area contributed by atoms with E-state index in [1.165, 1.54) is 0 Å². The predicted molar refractivity (Wildman–Crippen MR) is 63.9 cm³/mol. The third-order valence-corrected chi connectivity index (χ3v) is 3.93. The molecule has 0 saturated heterocycles. The molecular weight excluding hydrogens is 276 g/mol. The van der Waals surface area contributed by atoms with Gasteiger partial charge >= 0.3 is 0 Å². The average Bonchev–Trinajstić information content (AvgIpc) is 2.75. The Labute approximate surface area is 101 Å². The molecule has 2 aromatic rings. The van der Waals surface area contributed by atoms with Gasteiger partial charge in [-0.25, -0.2) is 4.98 Å². The number of imidazole rings is 1. The van der Waals surface area contributed by atoms with E-state index in [2.05, 4.69) is 20.9 Å². The molecule has 2 aromatic heterocycles. The highest BCUT2D eigenvalue weighted by atomic mass is 79.9. The third-order valence-electron chi connectivity index (χ3n) is 2.21. The number of hydrogen-bond acceptors (Lipinski definition) is 3. The minimum absolute atomic E-state index is 0.483. The second-order valence-corrected chi connectivity index (χ2v) is 5.29. The normalized spacial score (nSPS) is 13.0. The Morgan fingerprint density at radius 2 is 2.47 bits per heavy atom. The van der Waals surface area contributed by atoms with Crippen molar-refractivity contribution in [2.75, 3.05) is 0 Å². The summed E-state index contributed by atoms with van der Waals surface area (Å²) in [5, 5.41) is 12.0. The quantitative estimate of drug-likeness (QED) is 0.942. The highest BCUT2D eigenvalue weighted by molar-refractivity contribution is 9.10. The van der Waals surface area contributed by atoms with Crippen LogP contribution in [0.4, 0.5) is 0 Å². The lowest BCUT2D eigenvalue weighted by Gasteiger charge is -2.09. The lowest BCUT2D eigenvalue weighted by atomic mass is 10.2. The number of aryl methyl sites for hydroxylation is 1. The fourth-order valence-electron chi connectivity index (χ4n) is 1.44. The van der Waals surface area contributed by atoms with Crippen LogP contribution in [0.1, 0.15) is 16.7 Å². The summed E-state index contributed by atoms with van der Waals surface area (Å²) in [6.07, 6.45) is 3.55. The number of hydrogen-bond donors (Lipinski definition) is 1. The summed E-state index contributed by atoms with van der Waals surface area (Å²) >= 11 is 5.04. The number of nitrogens with zero attached hydrogens (tertiary/aromatic N) is 2. The number of aliphatic hydroxyl groups is 1. The number of aliphatic hydroxyl groups excluding tert-OH is 1. The Balaban J connectivity index is 2.10. The van der Waals surface area contributed by atoms with Crippen molar-refractivity contribution in [1.29, 1.82) is 0 Å². The van der Waals surface area contributed by atoms with Gasteiger partial charge < -0.3 is 9.67 Å². The van der Waals surface area contributed by atoms with E-state index in [1.54, 1.807) is 23.9 Å². The van der Waals surface area contributed by atoms with Crippen LogP contribution in [0.5, 0.6) is 0 Å². The average molecular weight is 287 g/mol. The van der Waals surface area contributed by atoms with Crippen LogP contribution in [0.25, 0.3) is 0 Å². The molecule has 0 bridgehead atoms. The number of thiophene rings is 1. The molecule has 1 atom stereocenters. The summed E-state index contributed by atoms with van der Waals surface area (Å²) in [5.74, 6) is 0. The second-order valence-electron chi connectivity index (χ2n) is 3.38. The predicted octanol–water partition coefficient (Wildman–Crippen LogP) is 2.52. The highest BCUT2D eigenvalue weighted by Gasteiger charge is 2.12. The summed E-state index contributed by atoms with van der Waals surface area (Å²) in [5.41, 5.74) is 0.847. The van der Waals surface area contributed by atoms with Crippen LogP contribution < -0.4 is 0 Å². The van der Waals surface area contributed by atoms with Crippen LogP contribution >= 0.6 is 27.3 Å². The Bertz CT molecular complexity index is 452. The number of aromatic nitrogens is 2. The molecule has 0 aromatic carbocycles. The van der Waals surface area contributed by atoms with E-state index in [0.717, 1.165) is 15.0 Å². The molecule has 0 spiro atoms. The zero-order chi connectivity index (χ0) is 10.8. The summed E-state index contributed by atoms with van der Waals surface area (Å²) in [4.78, 5) is 5.15. The van der Waals surface area contributed by atoms with Crippen LogP contribution in [0.15, 0.2) is 28.4 Å². The zero-order valence-corrected chi connectivity index (χ0v) is 10.6. The lowest BCUT2D eigenvalue weighted by molar-refractivity contribution is 0.171. The van der Waals surface area contributed by atoms with Gasteiger partial charge in [0.1, 0.15) is 6.10 Å². The summed E-state index contributed by atoms with van der Waals surface area (Å²) < 4.78 is 2.91. The molecule has 1 unspecified atom stereocenters. The van der Waals surface area contributed by atoms with E-state index < -0.39 is 6.10 Å². The number of rotatable bonds is 3. The maximum atomic E-state index is 9.98. The molecular formula is C10H11BrN2OS. The van der Waals surface area contributed by atoms with E-state index in [9.17, 15) is 5.11 Å². The first-order chi connectivity index (χ1) is 7.16. The lowest BCUT2D eigenvalue weighted by Crippen LogP contribution is -2.05. The second kappa shape index (κ2) is 4.47. The third kappa shape index (κ3) is 2.48. The zero-order valence-electron chi connectivity index (χ0n) is 8.22. The SMILES string of the molecule is Cn1cncc1C(O)Cc1cc(Br)cs1. The van der Waals surface area contributed by atoms with E-state index >= 15 is 0 Å². The van der Waals surface area contributed by atoms with Crippen molar-refractivity contribution in [2.24, 2.45) is 7.05 Å². The molecule has 0 saturated carbocycles. The van der Waals surface area contributed by atoms with Crippen molar-refractivity contribution in [3.63, 3.8) is 0 Å². The van der Waals surface area contributed by atoms with Gasteiger partial charge in [-0.1, -0.05) is 0 Å². The molecule has 1 N–H and O–H groups in total. The summed E-state index contributed by atoms with van der Waals surface area (Å²) in [6, 6.07) is 2.03. The van der Waals surface area contributed by atoms with E-state index in [-0.39, 0.29) is 0 Å². The molecule has 5 heteroatoms. The minimum atomic E-state index is -0.483. The monoisotopic (exact) mass is 286 g/mol.